The Morgan fingerprint density at radius 2 is 1.88 bits per heavy atom. The Bertz CT molecular complexity index is 20.5. The van der Waals surface area contributed by atoms with Gasteiger partial charge in [0.1, 0.15) is 0 Å². The van der Waals surface area contributed by atoms with Gasteiger partial charge in [-0.25, -0.2) is 5.90 Å². The minimum absolute atomic E-state index is 0.691. The number of hydrogen-bond donors (Lipinski definition) is 1. The zero-order valence-electron chi connectivity index (χ0n) is 6.11. The van der Waals surface area contributed by atoms with Gasteiger partial charge in [0.15, 0.2) is 0 Å². The van der Waals surface area contributed by atoms with E-state index < -0.39 is 0 Å². The van der Waals surface area contributed by atoms with Gasteiger partial charge in [0.2, 0.25) is 0 Å². The molecule has 0 unspecified atom stereocenters. The second-order valence-corrected chi connectivity index (χ2v) is 1.22. The van der Waals surface area contributed by atoms with Crippen molar-refractivity contribution in [2.24, 2.45) is 5.90 Å². The number of hydrogen-bond acceptors (Lipinski definition) is 2. The highest BCUT2D eigenvalue weighted by Crippen LogP contribution is 1.82. The van der Waals surface area contributed by atoms with Gasteiger partial charge in [-0.2, -0.15) is 0 Å². The molecular weight excluding hydrogens is 102 g/mol. The predicted molar refractivity (Wildman–Crippen MR) is 36.4 cm³/mol. The van der Waals surface area contributed by atoms with Gasteiger partial charge in [-0.15, -0.1) is 0 Å². The third-order valence-corrected chi connectivity index (χ3v) is 0.616. The summed E-state index contributed by atoms with van der Waals surface area (Å²) in [6, 6.07) is 0. The van der Waals surface area contributed by atoms with Crippen LogP contribution < -0.4 is 5.90 Å². The van der Waals surface area contributed by atoms with E-state index in [1.807, 2.05) is 13.8 Å². The van der Waals surface area contributed by atoms with Crippen LogP contribution in [0.15, 0.2) is 0 Å². The van der Waals surface area contributed by atoms with Crippen LogP contribution in [0.1, 0.15) is 33.6 Å². The van der Waals surface area contributed by atoms with Crippen LogP contribution in [0.2, 0.25) is 0 Å². The molecule has 2 nitrogen and oxygen atoms in total. The Balaban J connectivity index is 0. The summed E-state index contributed by atoms with van der Waals surface area (Å²) in [7, 11) is 0. The lowest BCUT2D eigenvalue weighted by molar-refractivity contribution is 0.135. The van der Waals surface area contributed by atoms with E-state index in [1.54, 1.807) is 0 Å². The third-order valence-electron chi connectivity index (χ3n) is 0.616. The lowest BCUT2D eigenvalue weighted by atomic mass is 10.4. The van der Waals surface area contributed by atoms with Gasteiger partial charge >= 0.3 is 0 Å². The zero-order chi connectivity index (χ0) is 6.83. The van der Waals surface area contributed by atoms with Gasteiger partial charge in [-0.1, -0.05) is 27.2 Å². The Morgan fingerprint density at radius 3 is 2.00 bits per heavy atom. The van der Waals surface area contributed by atoms with Crippen LogP contribution in [-0.2, 0) is 4.84 Å². The Labute approximate surface area is 52.0 Å². The summed E-state index contributed by atoms with van der Waals surface area (Å²) < 4.78 is 0. The first-order chi connectivity index (χ1) is 3.91. The molecule has 0 saturated carbocycles. The van der Waals surface area contributed by atoms with Crippen LogP contribution in [0.25, 0.3) is 0 Å². The first-order valence-electron chi connectivity index (χ1n) is 3.23. The monoisotopic (exact) mass is 119 g/mol. The minimum Gasteiger partial charge on any atom is -0.305 e. The summed E-state index contributed by atoms with van der Waals surface area (Å²) in [5, 5.41) is 0. The highest BCUT2D eigenvalue weighted by Gasteiger charge is 1.75. The van der Waals surface area contributed by atoms with Gasteiger partial charge in [-0.3, -0.25) is 0 Å². The van der Waals surface area contributed by atoms with Crippen LogP contribution in [0.3, 0.4) is 0 Å². The summed E-state index contributed by atoms with van der Waals surface area (Å²) in [6.07, 6.45) is 2.22. The highest BCUT2D eigenvalue weighted by atomic mass is 16.6. The second-order valence-electron chi connectivity index (χ2n) is 1.22. The molecule has 0 aliphatic carbocycles. The van der Waals surface area contributed by atoms with Crippen molar-refractivity contribution in [1.29, 1.82) is 0 Å². The zero-order valence-corrected chi connectivity index (χ0v) is 6.11. The van der Waals surface area contributed by atoms with E-state index in [1.165, 1.54) is 0 Å². The van der Waals surface area contributed by atoms with Gasteiger partial charge in [0.25, 0.3) is 0 Å². The van der Waals surface area contributed by atoms with E-state index in [9.17, 15) is 0 Å². The maximum absolute atomic E-state index is 4.71. The number of rotatable bonds is 3. The van der Waals surface area contributed by atoms with E-state index in [-0.39, 0.29) is 0 Å². The summed E-state index contributed by atoms with van der Waals surface area (Å²) in [6.45, 7) is 6.79. The van der Waals surface area contributed by atoms with Crippen LogP contribution in [0.5, 0.6) is 0 Å². The third kappa shape index (κ3) is 16.8. The average Bonchev–Trinajstić information content (AvgIpc) is 1.88. The van der Waals surface area contributed by atoms with Gasteiger partial charge in [0.05, 0.1) is 6.61 Å². The fourth-order valence-corrected chi connectivity index (χ4v) is 0.228. The molecule has 0 spiro atoms. The van der Waals surface area contributed by atoms with Crippen molar-refractivity contribution in [3.8, 4) is 0 Å². The van der Waals surface area contributed by atoms with Crippen molar-refractivity contribution in [3.63, 3.8) is 0 Å². The molecule has 0 saturated heterocycles. The molecule has 0 aromatic rings. The molecule has 8 heavy (non-hydrogen) atoms. The first kappa shape index (κ1) is 10.8. The summed E-state index contributed by atoms with van der Waals surface area (Å²) in [5.41, 5.74) is 0. The Morgan fingerprint density at radius 1 is 1.38 bits per heavy atom. The average molecular weight is 119 g/mol. The normalized spacial score (nSPS) is 7.50. The summed E-state index contributed by atoms with van der Waals surface area (Å²) in [4.78, 5) is 4.28. The van der Waals surface area contributed by atoms with Gasteiger partial charge < -0.3 is 4.84 Å². The van der Waals surface area contributed by atoms with Gasteiger partial charge in [-0.05, 0) is 6.42 Å². The smallest absolute Gasteiger partial charge is 0.0679 e. The van der Waals surface area contributed by atoms with E-state index in [4.69, 9.17) is 5.90 Å². The molecule has 0 radical (unpaired) electrons. The molecular formula is C6H17NO. The van der Waals surface area contributed by atoms with Crippen molar-refractivity contribution < 1.29 is 4.84 Å². The molecule has 0 amide bonds. The SMILES string of the molecule is CC.CCCCON. The first-order valence-corrected chi connectivity index (χ1v) is 3.23. The van der Waals surface area contributed by atoms with Crippen molar-refractivity contribution >= 4 is 0 Å². The molecule has 0 fully saturated rings. The fraction of sp³-hybridized carbons (Fsp3) is 1.00. The topological polar surface area (TPSA) is 35.2 Å². The minimum atomic E-state index is 0.691. The molecule has 0 heterocycles. The molecule has 0 aromatic carbocycles. The van der Waals surface area contributed by atoms with Crippen LogP contribution in [0, 0.1) is 0 Å². The van der Waals surface area contributed by atoms with Crippen molar-refractivity contribution in [3.05, 3.63) is 0 Å². The van der Waals surface area contributed by atoms with Crippen LogP contribution >= 0.6 is 0 Å². The Hall–Kier alpha value is -0.0800. The molecule has 0 rings (SSSR count). The number of nitrogens with two attached hydrogens (primary N) is 1. The maximum atomic E-state index is 4.71. The second kappa shape index (κ2) is 15.8. The lowest BCUT2D eigenvalue weighted by Crippen LogP contribution is -1.99. The maximum Gasteiger partial charge on any atom is 0.0679 e. The van der Waals surface area contributed by atoms with Crippen molar-refractivity contribution in [2.75, 3.05) is 6.61 Å². The van der Waals surface area contributed by atoms with Crippen molar-refractivity contribution in [1.82, 2.24) is 0 Å². The lowest BCUT2D eigenvalue weighted by Gasteiger charge is -1.88. The van der Waals surface area contributed by atoms with E-state index in [0.29, 0.717) is 6.61 Å². The number of unbranched alkanes of at least 4 members (excludes halogenated alkanes) is 1. The van der Waals surface area contributed by atoms with E-state index >= 15 is 0 Å². The van der Waals surface area contributed by atoms with Crippen LogP contribution in [0.4, 0.5) is 0 Å². The molecule has 0 aromatic heterocycles. The summed E-state index contributed by atoms with van der Waals surface area (Å²) >= 11 is 0. The predicted octanol–water partition coefficient (Wildman–Crippen LogP) is 1.70. The molecule has 52 valence electrons. The molecule has 0 atom stereocenters. The largest absolute Gasteiger partial charge is 0.305 e. The van der Waals surface area contributed by atoms with E-state index in [0.717, 1.165) is 12.8 Å². The molecule has 0 aliphatic heterocycles. The molecule has 2 heteroatoms. The molecule has 0 aliphatic rings. The standard InChI is InChI=1S/C4H11NO.C2H6/c1-2-3-4-6-5;1-2/h2-5H2,1H3;1-2H3. The van der Waals surface area contributed by atoms with Gasteiger partial charge in [0, 0.05) is 0 Å². The fourth-order valence-electron chi connectivity index (χ4n) is 0.228. The van der Waals surface area contributed by atoms with Crippen molar-refractivity contribution in [2.45, 2.75) is 33.6 Å². The molecule has 0 bridgehead atoms. The molecule has 2 N–H and O–H groups in total. The highest BCUT2D eigenvalue weighted by molar-refractivity contribution is 4.25. The Kier molecular flexibility index (Phi) is 21.3. The van der Waals surface area contributed by atoms with Crippen LogP contribution in [-0.4, -0.2) is 6.61 Å². The van der Waals surface area contributed by atoms with E-state index in [2.05, 4.69) is 11.8 Å². The quantitative estimate of drug-likeness (QED) is 0.453. The summed E-state index contributed by atoms with van der Waals surface area (Å²) in [5.74, 6) is 4.71.